The van der Waals surface area contributed by atoms with Gasteiger partial charge in [-0.1, -0.05) is 13.8 Å². The highest BCUT2D eigenvalue weighted by molar-refractivity contribution is 5.85. The number of hydrogen-bond acceptors (Lipinski definition) is 4. The number of esters is 1. The van der Waals surface area contributed by atoms with E-state index in [9.17, 15) is 9.59 Å². The lowest BCUT2D eigenvalue weighted by molar-refractivity contribution is -0.181. The molecule has 0 atom stereocenters. The molecule has 0 aliphatic rings. The molecule has 0 aromatic heterocycles. The van der Waals surface area contributed by atoms with E-state index in [0.29, 0.717) is 6.61 Å². The molecule has 5 heteroatoms. The Morgan fingerprint density at radius 3 is 2.27 bits per heavy atom. The van der Waals surface area contributed by atoms with E-state index in [1.165, 1.54) is 14.2 Å². The lowest BCUT2D eigenvalue weighted by Crippen LogP contribution is -2.39. The fourth-order valence-electron chi connectivity index (χ4n) is 1.16. The summed E-state index contributed by atoms with van der Waals surface area (Å²) < 4.78 is 4.79. The summed E-state index contributed by atoms with van der Waals surface area (Å²) in [5.74, 6) is -0.626. The van der Waals surface area contributed by atoms with Crippen molar-refractivity contribution in [2.75, 3.05) is 20.8 Å². The van der Waals surface area contributed by atoms with E-state index in [0.717, 1.165) is 5.06 Å². The Labute approximate surface area is 90.3 Å². The molecule has 0 aromatic carbocycles. The summed E-state index contributed by atoms with van der Waals surface area (Å²) in [6.07, 6.45) is 0.0490. The molecule has 5 nitrogen and oxygen atoms in total. The van der Waals surface area contributed by atoms with Gasteiger partial charge in [-0.15, -0.1) is 0 Å². The molecule has 1 amide bonds. The molecule has 0 spiro atoms. The van der Waals surface area contributed by atoms with Gasteiger partial charge in [0.15, 0.2) is 0 Å². The van der Waals surface area contributed by atoms with E-state index in [4.69, 9.17) is 9.57 Å². The van der Waals surface area contributed by atoms with Crippen molar-refractivity contribution in [1.29, 1.82) is 0 Å². The van der Waals surface area contributed by atoms with Crippen molar-refractivity contribution < 1.29 is 19.2 Å². The monoisotopic (exact) mass is 217 g/mol. The molecular formula is C10H19NO4. The van der Waals surface area contributed by atoms with Crippen molar-refractivity contribution in [2.45, 2.75) is 27.2 Å². The van der Waals surface area contributed by atoms with Gasteiger partial charge < -0.3 is 4.74 Å². The third kappa shape index (κ3) is 4.29. The molecule has 0 aromatic rings. The van der Waals surface area contributed by atoms with Crippen LogP contribution in [0.4, 0.5) is 0 Å². The van der Waals surface area contributed by atoms with Crippen LogP contribution in [-0.4, -0.2) is 37.7 Å². The lowest BCUT2D eigenvalue weighted by Gasteiger charge is -2.26. The fraction of sp³-hybridized carbons (Fsp3) is 0.800. The summed E-state index contributed by atoms with van der Waals surface area (Å²) in [4.78, 5) is 27.7. The molecule has 15 heavy (non-hydrogen) atoms. The fourth-order valence-corrected chi connectivity index (χ4v) is 1.16. The second kappa shape index (κ2) is 5.70. The quantitative estimate of drug-likeness (QED) is 0.509. The Bertz CT molecular complexity index is 238. The number of amides is 1. The minimum atomic E-state index is -0.809. The first-order chi connectivity index (χ1) is 6.85. The van der Waals surface area contributed by atoms with Gasteiger partial charge in [0.25, 0.3) is 5.91 Å². The van der Waals surface area contributed by atoms with Gasteiger partial charge in [0.05, 0.1) is 25.6 Å². The summed E-state index contributed by atoms with van der Waals surface area (Å²) in [5, 5.41) is 1.11. The largest absolute Gasteiger partial charge is 0.466 e. The Morgan fingerprint density at radius 2 is 1.87 bits per heavy atom. The van der Waals surface area contributed by atoms with E-state index >= 15 is 0 Å². The van der Waals surface area contributed by atoms with Gasteiger partial charge in [-0.2, -0.15) is 0 Å². The molecule has 0 aliphatic carbocycles. The molecule has 0 radical (unpaired) electrons. The maximum Gasteiger partial charge on any atom is 0.306 e. The van der Waals surface area contributed by atoms with Gasteiger partial charge in [-0.3, -0.25) is 14.4 Å². The second-order valence-corrected chi connectivity index (χ2v) is 3.85. The SMILES string of the molecule is CCOC(=O)CC(C)(C)C(=O)N(C)OC. The van der Waals surface area contributed by atoms with Gasteiger partial charge in [-0.25, -0.2) is 5.06 Å². The van der Waals surface area contributed by atoms with E-state index in [-0.39, 0.29) is 18.3 Å². The van der Waals surface area contributed by atoms with Crippen LogP contribution in [0.3, 0.4) is 0 Å². The summed E-state index contributed by atoms with van der Waals surface area (Å²) in [5.41, 5.74) is -0.809. The topological polar surface area (TPSA) is 55.8 Å². The molecule has 0 bridgehead atoms. The number of hydroxylamine groups is 2. The second-order valence-electron chi connectivity index (χ2n) is 3.85. The molecule has 0 N–H and O–H groups in total. The van der Waals surface area contributed by atoms with Crippen LogP contribution in [0.2, 0.25) is 0 Å². The van der Waals surface area contributed by atoms with E-state index < -0.39 is 5.41 Å². The average Bonchev–Trinajstić information content (AvgIpc) is 2.15. The van der Waals surface area contributed by atoms with E-state index in [2.05, 4.69) is 0 Å². The first-order valence-electron chi connectivity index (χ1n) is 4.83. The molecule has 0 heterocycles. The first kappa shape index (κ1) is 13.9. The average molecular weight is 217 g/mol. The summed E-state index contributed by atoms with van der Waals surface area (Å²) in [6.45, 7) is 5.42. The zero-order chi connectivity index (χ0) is 12.1. The van der Waals surface area contributed by atoms with Crippen LogP contribution in [-0.2, 0) is 19.2 Å². The molecule has 0 rings (SSSR count). The maximum atomic E-state index is 11.7. The number of carbonyl (C=O) groups is 2. The molecule has 0 aliphatic heterocycles. The summed E-state index contributed by atoms with van der Waals surface area (Å²) in [6, 6.07) is 0. The maximum absolute atomic E-state index is 11.7. The van der Waals surface area contributed by atoms with Crippen molar-refractivity contribution >= 4 is 11.9 Å². The number of ether oxygens (including phenoxy) is 1. The summed E-state index contributed by atoms with van der Waals surface area (Å²) in [7, 11) is 2.91. The van der Waals surface area contributed by atoms with Crippen molar-refractivity contribution in [2.24, 2.45) is 5.41 Å². The van der Waals surface area contributed by atoms with Gasteiger partial charge in [0, 0.05) is 7.05 Å². The minimum Gasteiger partial charge on any atom is -0.466 e. The Kier molecular flexibility index (Phi) is 5.28. The number of nitrogens with zero attached hydrogens (tertiary/aromatic N) is 1. The Balaban J connectivity index is 4.40. The third-order valence-electron chi connectivity index (χ3n) is 2.03. The highest BCUT2D eigenvalue weighted by Crippen LogP contribution is 2.23. The van der Waals surface area contributed by atoms with Crippen LogP contribution in [0.15, 0.2) is 0 Å². The molecular weight excluding hydrogens is 198 g/mol. The third-order valence-corrected chi connectivity index (χ3v) is 2.03. The predicted molar refractivity (Wildman–Crippen MR) is 54.8 cm³/mol. The molecule has 0 unspecified atom stereocenters. The highest BCUT2D eigenvalue weighted by Gasteiger charge is 2.33. The van der Waals surface area contributed by atoms with Crippen LogP contribution in [0.5, 0.6) is 0 Å². The standard InChI is InChI=1S/C10H19NO4/c1-6-15-8(12)7-10(2,3)9(13)11(4)14-5/h6-7H2,1-5H3. The van der Waals surface area contributed by atoms with Crippen LogP contribution in [0.25, 0.3) is 0 Å². The number of rotatable bonds is 5. The normalized spacial score (nSPS) is 11.0. The van der Waals surface area contributed by atoms with Gasteiger partial charge >= 0.3 is 5.97 Å². The van der Waals surface area contributed by atoms with Gasteiger partial charge in [0.2, 0.25) is 0 Å². The van der Waals surface area contributed by atoms with Crippen molar-refractivity contribution in [3.8, 4) is 0 Å². The van der Waals surface area contributed by atoms with E-state index in [1.54, 1.807) is 20.8 Å². The zero-order valence-electron chi connectivity index (χ0n) is 9.99. The van der Waals surface area contributed by atoms with Crippen molar-refractivity contribution in [3.63, 3.8) is 0 Å². The van der Waals surface area contributed by atoms with Crippen LogP contribution < -0.4 is 0 Å². The van der Waals surface area contributed by atoms with Gasteiger partial charge in [0.1, 0.15) is 0 Å². The Hall–Kier alpha value is -1.10. The molecule has 88 valence electrons. The molecule has 0 saturated heterocycles. The summed E-state index contributed by atoms with van der Waals surface area (Å²) >= 11 is 0. The number of carbonyl (C=O) groups excluding carboxylic acids is 2. The van der Waals surface area contributed by atoms with Crippen molar-refractivity contribution in [1.82, 2.24) is 5.06 Å². The first-order valence-corrected chi connectivity index (χ1v) is 4.83. The van der Waals surface area contributed by atoms with Crippen LogP contribution in [0, 0.1) is 5.41 Å². The minimum absolute atomic E-state index is 0.0490. The lowest BCUT2D eigenvalue weighted by atomic mass is 9.88. The number of hydrogen-bond donors (Lipinski definition) is 0. The van der Waals surface area contributed by atoms with Crippen LogP contribution in [0.1, 0.15) is 27.2 Å². The Morgan fingerprint density at radius 1 is 1.33 bits per heavy atom. The van der Waals surface area contributed by atoms with E-state index in [1.807, 2.05) is 0 Å². The predicted octanol–water partition coefficient (Wildman–Crippen LogP) is 0.986. The highest BCUT2D eigenvalue weighted by atomic mass is 16.7. The zero-order valence-corrected chi connectivity index (χ0v) is 9.99. The smallest absolute Gasteiger partial charge is 0.306 e. The molecule has 0 saturated carbocycles. The van der Waals surface area contributed by atoms with Crippen molar-refractivity contribution in [3.05, 3.63) is 0 Å². The van der Waals surface area contributed by atoms with Gasteiger partial charge in [-0.05, 0) is 6.92 Å². The molecule has 0 fully saturated rings. The van der Waals surface area contributed by atoms with Crippen LogP contribution >= 0.6 is 0 Å².